The Kier molecular flexibility index (Phi) is 6.11. The number of anilines is 1. The number of nitro benzene ring substituents is 1. The topological polar surface area (TPSA) is 99.9 Å². The van der Waals surface area contributed by atoms with Crippen molar-refractivity contribution < 1.29 is 23.9 Å². The summed E-state index contributed by atoms with van der Waals surface area (Å²) in [5.74, 6) is 0.383. The third-order valence-electron chi connectivity index (χ3n) is 2.36. The SMILES string of the molecule is COCCOc1ccc([N+](=O)[O-])c(NC(=O)OC(C)(C)C)c1. The molecule has 0 saturated carbocycles. The largest absolute Gasteiger partial charge is 0.491 e. The molecule has 0 atom stereocenters. The van der Waals surface area contributed by atoms with Crippen molar-refractivity contribution in [3.8, 4) is 5.75 Å². The predicted octanol–water partition coefficient (Wildman–Crippen LogP) is 2.97. The van der Waals surface area contributed by atoms with E-state index < -0.39 is 16.6 Å². The van der Waals surface area contributed by atoms with Crippen molar-refractivity contribution >= 4 is 17.5 Å². The molecule has 0 fully saturated rings. The third kappa shape index (κ3) is 5.96. The van der Waals surface area contributed by atoms with E-state index in [-0.39, 0.29) is 11.4 Å². The molecular weight excluding hydrogens is 292 g/mol. The second-order valence-electron chi connectivity index (χ2n) is 5.40. The van der Waals surface area contributed by atoms with E-state index in [0.29, 0.717) is 19.0 Å². The Morgan fingerprint density at radius 3 is 2.55 bits per heavy atom. The zero-order valence-electron chi connectivity index (χ0n) is 13.0. The van der Waals surface area contributed by atoms with E-state index in [1.807, 2.05) is 0 Å². The minimum Gasteiger partial charge on any atom is -0.491 e. The highest BCUT2D eigenvalue weighted by Gasteiger charge is 2.21. The number of rotatable bonds is 6. The molecule has 0 radical (unpaired) electrons. The van der Waals surface area contributed by atoms with E-state index in [0.717, 1.165) is 0 Å². The van der Waals surface area contributed by atoms with Gasteiger partial charge in [0.1, 0.15) is 23.6 Å². The van der Waals surface area contributed by atoms with Gasteiger partial charge >= 0.3 is 6.09 Å². The number of benzene rings is 1. The monoisotopic (exact) mass is 312 g/mol. The lowest BCUT2D eigenvalue weighted by molar-refractivity contribution is -0.383. The summed E-state index contributed by atoms with van der Waals surface area (Å²) < 4.78 is 15.3. The smallest absolute Gasteiger partial charge is 0.412 e. The second-order valence-corrected chi connectivity index (χ2v) is 5.40. The van der Waals surface area contributed by atoms with Gasteiger partial charge in [-0.05, 0) is 26.8 Å². The van der Waals surface area contributed by atoms with Gasteiger partial charge in [-0.2, -0.15) is 0 Å². The Morgan fingerprint density at radius 2 is 2.00 bits per heavy atom. The molecule has 0 aliphatic heterocycles. The predicted molar refractivity (Wildman–Crippen MR) is 80.3 cm³/mol. The van der Waals surface area contributed by atoms with Crippen LogP contribution in [0.15, 0.2) is 18.2 Å². The molecule has 1 aromatic carbocycles. The number of nitrogens with one attached hydrogen (secondary N) is 1. The zero-order chi connectivity index (χ0) is 16.8. The summed E-state index contributed by atoms with van der Waals surface area (Å²) in [5, 5.41) is 13.4. The number of ether oxygens (including phenoxy) is 3. The maximum Gasteiger partial charge on any atom is 0.412 e. The van der Waals surface area contributed by atoms with Crippen LogP contribution in [0.5, 0.6) is 5.75 Å². The number of carbonyl (C=O) groups is 1. The highest BCUT2D eigenvalue weighted by Crippen LogP contribution is 2.29. The van der Waals surface area contributed by atoms with E-state index in [4.69, 9.17) is 14.2 Å². The van der Waals surface area contributed by atoms with Crippen LogP contribution in [0.25, 0.3) is 0 Å². The van der Waals surface area contributed by atoms with E-state index in [2.05, 4.69) is 5.32 Å². The van der Waals surface area contributed by atoms with Crippen molar-refractivity contribution in [2.24, 2.45) is 0 Å². The molecule has 0 spiro atoms. The van der Waals surface area contributed by atoms with E-state index >= 15 is 0 Å². The van der Waals surface area contributed by atoms with Crippen LogP contribution in [0.2, 0.25) is 0 Å². The van der Waals surface area contributed by atoms with Crippen molar-refractivity contribution in [2.45, 2.75) is 26.4 Å². The lowest BCUT2D eigenvalue weighted by Gasteiger charge is -2.19. The molecule has 0 unspecified atom stereocenters. The first kappa shape index (κ1) is 17.7. The Bertz CT molecular complexity index is 539. The maximum absolute atomic E-state index is 11.8. The number of nitrogens with zero attached hydrogens (tertiary/aromatic N) is 1. The summed E-state index contributed by atoms with van der Waals surface area (Å²) in [6.45, 7) is 5.77. The highest BCUT2D eigenvalue weighted by atomic mass is 16.6. The van der Waals surface area contributed by atoms with Crippen LogP contribution in [0.1, 0.15) is 20.8 Å². The number of methoxy groups -OCH3 is 1. The van der Waals surface area contributed by atoms with Gasteiger partial charge in [-0.1, -0.05) is 0 Å². The summed E-state index contributed by atoms with van der Waals surface area (Å²) in [6, 6.07) is 4.08. The zero-order valence-corrected chi connectivity index (χ0v) is 13.0. The highest BCUT2D eigenvalue weighted by molar-refractivity contribution is 5.88. The van der Waals surface area contributed by atoms with Gasteiger partial charge in [0.15, 0.2) is 0 Å². The van der Waals surface area contributed by atoms with Gasteiger partial charge in [0, 0.05) is 19.2 Å². The van der Waals surface area contributed by atoms with Crippen molar-refractivity contribution in [1.82, 2.24) is 0 Å². The van der Waals surface area contributed by atoms with Crippen LogP contribution < -0.4 is 10.1 Å². The van der Waals surface area contributed by atoms with Crippen molar-refractivity contribution in [2.75, 3.05) is 25.6 Å². The lowest BCUT2D eigenvalue weighted by Crippen LogP contribution is -2.27. The fraction of sp³-hybridized carbons (Fsp3) is 0.500. The molecule has 0 aliphatic rings. The molecule has 0 saturated heterocycles. The minimum absolute atomic E-state index is 0.00849. The van der Waals surface area contributed by atoms with Crippen LogP contribution >= 0.6 is 0 Å². The van der Waals surface area contributed by atoms with Crippen LogP contribution in [-0.2, 0) is 9.47 Å². The fourth-order valence-corrected chi connectivity index (χ4v) is 1.52. The fourth-order valence-electron chi connectivity index (χ4n) is 1.52. The van der Waals surface area contributed by atoms with Gasteiger partial charge < -0.3 is 14.2 Å². The van der Waals surface area contributed by atoms with E-state index in [1.165, 1.54) is 25.3 Å². The average molecular weight is 312 g/mol. The van der Waals surface area contributed by atoms with Gasteiger partial charge in [-0.25, -0.2) is 4.79 Å². The van der Waals surface area contributed by atoms with Crippen molar-refractivity contribution in [3.05, 3.63) is 28.3 Å². The summed E-state index contributed by atoms with van der Waals surface area (Å²) >= 11 is 0. The molecule has 1 aromatic rings. The van der Waals surface area contributed by atoms with Gasteiger partial charge in [-0.15, -0.1) is 0 Å². The molecule has 8 heteroatoms. The van der Waals surface area contributed by atoms with E-state index in [1.54, 1.807) is 20.8 Å². The molecule has 1 amide bonds. The molecule has 8 nitrogen and oxygen atoms in total. The Hall–Kier alpha value is -2.35. The third-order valence-corrected chi connectivity index (χ3v) is 2.36. The molecule has 0 heterocycles. The number of amides is 1. The molecule has 22 heavy (non-hydrogen) atoms. The van der Waals surface area contributed by atoms with Crippen LogP contribution in [-0.4, -0.2) is 36.9 Å². The maximum atomic E-state index is 11.8. The summed E-state index contributed by atoms with van der Waals surface area (Å²) in [4.78, 5) is 22.2. The molecule has 0 bridgehead atoms. The van der Waals surface area contributed by atoms with Gasteiger partial charge in [0.05, 0.1) is 11.5 Å². The molecular formula is C14H20N2O6. The van der Waals surface area contributed by atoms with Crippen molar-refractivity contribution in [1.29, 1.82) is 0 Å². The molecule has 0 aromatic heterocycles. The Balaban J connectivity index is 2.90. The average Bonchev–Trinajstić information content (AvgIpc) is 2.36. The lowest BCUT2D eigenvalue weighted by atomic mass is 10.2. The molecule has 0 aliphatic carbocycles. The summed E-state index contributed by atoms with van der Waals surface area (Å²) in [5.41, 5.74) is -0.940. The summed E-state index contributed by atoms with van der Waals surface area (Å²) in [7, 11) is 1.54. The van der Waals surface area contributed by atoms with Crippen LogP contribution in [0, 0.1) is 10.1 Å². The molecule has 1 rings (SSSR count). The number of hydrogen-bond acceptors (Lipinski definition) is 6. The first-order valence-electron chi connectivity index (χ1n) is 6.63. The second kappa shape index (κ2) is 7.60. The van der Waals surface area contributed by atoms with E-state index in [9.17, 15) is 14.9 Å². The van der Waals surface area contributed by atoms with Gasteiger partial charge in [0.2, 0.25) is 0 Å². The first-order valence-corrected chi connectivity index (χ1v) is 6.63. The van der Waals surface area contributed by atoms with Crippen molar-refractivity contribution in [3.63, 3.8) is 0 Å². The number of hydrogen-bond donors (Lipinski definition) is 1. The van der Waals surface area contributed by atoms with Crippen LogP contribution in [0.4, 0.5) is 16.2 Å². The Labute approximate surface area is 128 Å². The normalized spacial score (nSPS) is 10.9. The van der Waals surface area contributed by atoms with Gasteiger partial charge in [-0.3, -0.25) is 15.4 Å². The van der Waals surface area contributed by atoms with Crippen LogP contribution in [0.3, 0.4) is 0 Å². The Morgan fingerprint density at radius 1 is 1.32 bits per heavy atom. The summed E-state index contributed by atoms with van der Waals surface area (Å²) in [6.07, 6.45) is -0.773. The standard InChI is InChI=1S/C14H20N2O6/c1-14(2,3)22-13(17)15-11-9-10(21-8-7-20-4)5-6-12(11)16(18)19/h5-6,9H,7-8H2,1-4H3,(H,15,17). The minimum atomic E-state index is -0.773. The number of nitro groups is 1. The molecule has 122 valence electrons. The first-order chi connectivity index (χ1) is 10.2. The quantitative estimate of drug-likeness (QED) is 0.492. The van der Waals surface area contributed by atoms with Gasteiger partial charge in [0.25, 0.3) is 5.69 Å². The molecule has 1 N–H and O–H groups in total. The number of carbonyl (C=O) groups excluding carboxylic acids is 1.